The Morgan fingerprint density at radius 1 is 1.39 bits per heavy atom. The molecule has 1 N–H and O–H groups in total. The molecule has 0 radical (unpaired) electrons. The zero-order valence-corrected chi connectivity index (χ0v) is 14.6. The van der Waals surface area contributed by atoms with E-state index in [4.69, 9.17) is 32.7 Å². The molecule has 1 aliphatic heterocycles. The summed E-state index contributed by atoms with van der Waals surface area (Å²) < 4.78 is 10.8. The van der Waals surface area contributed by atoms with Crippen LogP contribution < -0.4 is 4.74 Å². The molecule has 1 saturated heterocycles. The molecule has 23 heavy (non-hydrogen) atoms. The molecule has 0 atom stereocenters. The fourth-order valence-corrected chi connectivity index (χ4v) is 3.07. The third-order valence-electron chi connectivity index (χ3n) is 4.13. The minimum Gasteiger partial charge on any atom is -0.482 e. The van der Waals surface area contributed by atoms with Crippen LogP contribution in [-0.4, -0.2) is 55.9 Å². The predicted molar refractivity (Wildman–Crippen MR) is 89.2 cm³/mol. The quantitative estimate of drug-likeness (QED) is 0.845. The zero-order valence-electron chi connectivity index (χ0n) is 13.1. The van der Waals surface area contributed by atoms with Gasteiger partial charge in [-0.1, -0.05) is 23.2 Å². The average Bonchev–Trinajstić information content (AvgIpc) is 2.54. The molecule has 2 rings (SSSR count). The van der Waals surface area contributed by atoms with Crippen molar-refractivity contribution < 1.29 is 19.4 Å². The van der Waals surface area contributed by atoms with Gasteiger partial charge in [0.1, 0.15) is 5.75 Å². The van der Waals surface area contributed by atoms with E-state index in [1.807, 2.05) is 0 Å². The van der Waals surface area contributed by atoms with Gasteiger partial charge in [-0.05, 0) is 31.0 Å². The predicted octanol–water partition coefficient (Wildman–Crippen LogP) is 2.62. The first kappa shape index (κ1) is 18.3. The second-order valence-electron chi connectivity index (χ2n) is 5.88. The Bertz CT molecular complexity index is 547. The van der Waals surface area contributed by atoms with Crippen molar-refractivity contribution in [2.75, 3.05) is 40.0 Å². The monoisotopic (exact) mass is 361 g/mol. The van der Waals surface area contributed by atoms with Crippen molar-refractivity contribution in [1.29, 1.82) is 0 Å². The van der Waals surface area contributed by atoms with Crippen LogP contribution in [0.15, 0.2) is 18.2 Å². The summed E-state index contributed by atoms with van der Waals surface area (Å²) in [4.78, 5) is 13.8. The lowest BCUT2D eigenvalue weighted by Gasteiger charge is -2.38. The summed E-state index contributed by atoms with van der Waals surface area (Å²) in [5, 5.41) is 10.6. The number of carbonyl (C=O) groups excluding carboxylic acids is 1. The van der Waals surface area contributed by atoms with Crippen molar-refractivity contribution in [2.45, 2.75) is 12.8 Å². The second-order valence-corrected chi connectivity index (χ2v) is 6.73. The Hall–Kier alpha value is -1.01. The average molecular weight is 362 g/mol. The van der Waals surface area contributed by atoms with Crippen LogP contribution in [0, 0.1) is 5.41 Å². The van der Waals surface area contributed by atoms with Gasteiger partial charge in [0.2, 0.25) is 0 Å². The number of halogens is 2. The number of amides is 1. The van der Waals surface area contributed by atoms with Gasteiger partial charge < -0.3 is 19.5 Å². The van der Waals surface area contributed by atoms with E-state index in [2.05, 4.69) is 0 Å². The van der Waals surface area contributed by atoms with Crippen LogP contribution in [0.3, 0.4) is 0 Å². The highest BCUT2D eigenvalue weighted by Gasteiger charge is 2.34. The molecule has 0 unspecified atom stereocenters. The molecule has 1 aliphatic rings. The number of hydrogen-bond acceptors (Lipinski definition) is 4. The molecule has 1 heterocycles. The lowest BCUT2D eigenvalue weighted by atomic mass is 9.80. The van der Waals surface area contributed by atoms with Crippen molar-refractivity contribution >= 4 is 29.1 Å². The highest BCUT2D eigenvalue weighted by molar-refractivity contribution is 6.35. The number of rotatable bonds is 6. The van der Waals surface area contributed by atoms with Crippen molar-refractivity contribution in [1.82, 2.24) is 4.90 Å². The maximum absolute atomic E-state index is 12.2. The molecule has 0 aliphatic carbocycles. The second kappa shape index (κ2) is 8.20. The SMILES string of the molecule is CN(CC1(CO)CCOCC1)C(=O)COc1ccc(Cl)cc1Cl. The number of benzene rings is 1. The van der Waals surface area contributed by atoms with Crippen LogP contribution >= 0.6 is 23.2 Å². The van der Waals surface area contributed by atoms with Crippen molar-refractivity contribution in [2.24, 2.45) is 5.41 Å². The number of likely N-dealkylation sites (N-methyl/N-ethyl adjacent to an activating group) is 1. The number of ether oxygens (including phenoxy) is 2. The van der Waals surface area contributed by atoms with E-state index in [9.17, 15) is 9.90 Å². The number of carbonyl (C=O) groups is 1. The van der Waals surface area contributed by atoms with Gasteiger partial charge in [-0.15, -0.1) is 0 Å². The van der Waals surface area contributed by atoms with Gasteiger partial charge in [-0.25, -0.2) is 0 Å². The van der Waals surface area contributed by atoms with Crippen molar-refractivity contribution in [3.05, 3.63) is 28.2 Å². The Morgan fingerprint density at radius 3 is 2.70 bits per heavy atom. The molecule has 1 aromatic rings. The fraction of sp³-hybridized carbons (Fsp3) is 0.562. The molecule has 1 aromatic carbocycles. The van der Waals surface area contributed by atoms with Gasteiger partial charge in [0, 0.05) is 37.2 Å². The molecule has 1 fully saturated rings. The Balaban J connectivity index is 1.89. The number of aliphatic hydroxyl groups is 1. The Kier molecular flexibility index (Phi) is 6.53. The van der Waals surface area contributed by atoms with Gasteiger partial charge in [0.25, 0.3) is 5.91 Å². The van der Waals surface area contributed by atoms with E-state index >= 15 is 0 Å². The topological polar surface area (TPSA) is 59.0 Å². The van der Waals surface area contributed by atoms with Gasteiger partial charge >= 0.3 is 0 Å². The number of hydrogen-bond donors (Lipinski definition) is 1. The van der Waals surface area contributed by atoms with Crippen LogP contribution in [0.2, 0.25) is 10.0 Å². The van der Waals surface area contributed by atoms with E-state index in [1.165, 1.54) is 0 Å². The molecule has 0 aromatic heterocycles. The number of nitrogens with zero attached hydrogens (tertiary/aromatic N) is 1. The largest absolute Gasteiger partial charge is 0.482 e. The molecular weight excluding hydrogens is 341 g/mol. The van der Waals surface area contributed by atoms with Crippen molar-refractivity contribution in [3.8, 4) is 5.75 Å². The Labute approximate surface area is 146 Å². The van der Waals surface area contributed by atoms with E-state index < -0.39 is 0 Å². The lowest BCUT2D eigenvalue weighted by Crippen LogP contribution is -2.45. The molecule has 7 heteroatoms. The Morgan fingerprint density at radius 2 is 2.09 bits per heavy atom. The van der Waals surface area contributed by atoms with Crippen LogP contribution in [0.1, 0.15) is 12.8 Å². The van der Waals surface area contributed by atoms with E-state index in [0.717, 1.165) is 12.8 Å². The first-order valence-corrected chi connectivity index (χ1v) is 8.22. The molecule has 1 amide bonds. The zero-order chi connectivity index (χ0) is 16.9. The summed E-state index contributed by atoms with van der Waals surface area (Å²) in [6, 6.07) is 4.85. The summed E-state index contributed by atoms with van der Waals surface area (Å²) in [5.74, 6) is 0.246. The minimum atomic E-state index is -0.291. The third-order valence-corrected chi connectivity index (χ3v) is 4.66. The minimum absolute atomic E-state index is 0.0395. The third kappa shape index (κ3) is 4.98. The summed E-state index contributed by atoms with van der Waals surface area (Å²) in [5.41, 5.74) is -0.291. The first-order chi connectivity index (χ1) is 11.0. The summed E-state index contributed by atoms with van der Waals surface area (Å²) in [6.45, 7) is 1.62. The van der Waals surface area contributed by atoms with E-state index in [0.29, 0.717) is 35.6 Å². The van der Waals surface area contributed by atoms with Crippen LogP contribution in [-0.2, 0) is 9.53 Å². The summed E-state index contributed by atoms with van der Waals surface area (Å²) >= 11 is 11.8. The maximum Gasteiger partial charge on any atom is 0.260 e. The highest BCUT2D eigenvalue weighted by atomic mass is 35.5. The van der Waals surface area contributed by atoms with Gasteiger partial charge in [0.05, 0.1) is 11.6 Å². The maximum atomic E-state index is 12.2. The number of aliphatic hydroxyl groups excluding tert-OH is 1. The fourth-order valence-electron chi connectivity index (χ4n) is 2.60. The van der Waals surface area contributed by atoms with Crippen LogP contribution in [0.4, 0.5) is 0 Å². The standard InChI is InChI=1S/C16H21Cl2NO4/c1-19(10-16(11-20)4-6-22-7-5-16)15(21)9-23-14-3-2-12(17)8-13(14)18/h2-3,8,20H,4-7,9-11H2,1H3. The van der Waals surface area contributed by atoms with Crippen molar-refractivity contribution in [3.63, 3.8) is 0 Å². The van der Waals surface area contributed by atoms with Gasteiger partial charge in [0.15, 0.2) is 6.61 Å². The molecule has 0 spiro atoms. The lowest BCUT2D eigenvalue weighted by molar-refractivity contribution is -0.135. The molecule has 128 valence electrons. The molecule has 5 nitrogen and oxygen atoms in total. The summed E-state index contributed by atoms with van der Waals surface area (Å²) in [6.07, 6.45) is 1.48. The van der Waals surface area contributed by atoms with E-state index in [-0.39, 0.29) is 24.5 Å². The summed E-state index contributed by atoms with van der Waals surface area (Å²) in [7, 11) is 1.71. The van der Waals surface area contributed by atoms with Gasteiger partial charge in [-0.2, -0.15) is 0 Å². The molecule has 0 saturated carbocycles. The van der Waals surface area contributed by atoms with Crippen LogP contribution in [0.5, 0.6) is 5.75 Å². The molecular formula is C16H21Cl2NO4. The smallest absolute Gasteiger partial charge is 0.260 e. The van der Waals surface area contributed by atoms with Crippen LogP contribution in [0.25, 0.3) is 0 Å². The normalized spacial score (nSPS) is 16.9. The first-order valence-electron chi connectivity index (χ1n) is 7.46. The van der Waals surface area contributed by atoms with Gasteiger partial charge in [-0.3, -0.25) is 4.79 Å². The highest BCUT2D eigenvalue weighted by Crippen LogP contribution is 2.31. The van der Waals surface area contributed by atoms with E-state index in [1.54, 1.807) is 30.1 Å². The molecule has 0 bridgehead atoms.